The molecule has 1 heterocycles. The third-order valence-electron chi connectivity index (χ3n) is 3.14. The van der Waals surface area contributed by atoms with Crippen molar-refractivity contribution in [2.75, 3.05) is 7.11 Å². The minimum absolute atomic E-state index is 0.369. The van der Waals surface area contributed by atoms with E-state index in [1.165, 1.54) is 25.8 Å². The fraction of sp³-hybridized carbons (Fsp3) is 0.312. The summed E-state index contributed by atoms with van der Waals surface area (Å²) in [5.41, 5.74) is 3.08. The Bertz CT molecular complexity index is 624. The molecule has 0 radical (unpaired) electrons. The Morgan fingerprint density at radius 3 is 2.43 bits per heavy atom. The summed E-state index contributed by atoms with van der Waals surface area (Å²) in [4.78, 5) is 11.2. The molecule has 0 unspecified atom stereocenters. The molecule has 0 amide bonds. The highest BCUT2D eigenvalue weighted by atomic mass is 16.5. The van der Waals surface area contributed by atoms with Gasteiger partial charge in [0.1, 0.15) is 0 Å². The average Bonchev–Trinajstić information content (AvgIpc) is 2.49. The van der Waals surface area contributed by atoms with Crippen LogP contribution < -0.4 is 9.47 Å². The molecule has 0 bridgehead atoms. The third kappa shape index (κ3) is 3.78. The van der Waals surface area contributed by atoms with Crippen molar-refractivity contribution < 1.29 is 14.3 Å². The molecule has 2 aromatic rings. The smallest absolute Gasteiger partial charge is 0.308 e. The van der Waals surface area contributed by atoms with E-state index in [1.807, 2.05) is 0 Å². The Morgan fingerprint density at radius 1 is 1.19 bits per heavy atom. The zero-order valence-electron chi connectivity index (χ0n) is 12.4. The molecule has 0 N–H and O–H groups in total. The van der Waals surface area contributed by atoms with Gasteiger partial charge >= 0.3 is 5.97 Å². The summed E-state index contributed by atoms with van der Waals surface area (Å²) in [5.74, 6) is 0.356. The number of carbonyl (C=O) groups is 1. The highest BCUT2D eigenvalue weighted by Gasteiger charge is 2.15. The number of ether oxygens (including phenoxy) is 2. The third-order valence-corrected chi connectivity index (χ3v) is 3.14. The van der Waals surface area contributed by atoms with Crippen LogP contribution in [0.25, 0.3) is 0 Å². The highest BCUT2D eigenvalue weighted by Crippen LogP contribution is 2.28. The van der Waals surface area contributed by atoms with Gasteiger partial charge in [0.2, 0.25) is 5.88 Å². The van der Waals surface area contributed by atoms with Crippen LogP contribution in [-0.2, 0) is 17.6 Å². The number of rotatable bonds is 5. The number of aromatic nitrogens is 2. The van der Waals surface area contributed by atoms with Gasteiger partial charge in [-0.05, 0) is 17.5 Å². The molecule has 5 nitrogen and oxygen atoms in total. The van der Waals surface area contributed by atoms with Gasteiger partial charge in [-0.1, -0.05) is 31.2 Å². The molecule has 0 fully saturated rings. The second kappa shape index (κ2) is 6.83. The Morgan fingerprint density at radius 2 is 1.86 bits per heavy atom. The Hall–Kier alpha value is -2.43. The Labute approximate surface area is 123 Å². The van der Waals surface area contributed by atoms with Crippen LogP contribution in [0.2, 0.25) is 0 Å². The first-order valence-electron chi connectivity index (χ1n) is 6.78. The minimum atomic E-state index is -0.396. The molecule has 1 aromatic heterocycles. The quantitative estimate of drug-likeness (QED) is 0.790. The van der Waals surface area contributed by atoms with E-state index in [0.29, 0.717) is 23.6 Å². The Balaban J connectivity index is 2.33. The van der Waals surface area contributed by atoms with Crippen molar-refractivity contribution in [3.8, 4) is 11.6 Å². The molecular formula is C16H18N2O3. The van der Waals surface area contributed by atoms with Crippen LogP contribution in [0, 0.1) is 0 Å². The summed E-state index contributed by atoms with van der Waals surface area (Å²) in [5, 5.41) is 7.72. The molecule has 21 heavy (non-hydrogen) atoms. The van der Waals surface area contributed by atoms with E-state index in [1.54, 1.807) is 0 Å². The van der Waals surface area contributed by atoms with Crippen molar-refractivity contribution in [2.24, 2.45) is 0 Å². The summed E-state index contributed by atoms with van der Waals surface area (Å²) in [6.45, 7) is 3.47. The van der Waals surface area contributed by atoms with Gasteiger partial charge in [0, 0.05) is 13.3 Å². The molecule has 0 aliphatic carbocycles. The van der Waals surface area contributed by atoms with Gasteiger partial charge < -0.3 is 9.47 Å². The summed E-state index contributed by atoms with van der Waals surface area (Å²) in [7, 11) is 1.52. The number of benzene rings is 1. The number of nitrogens with zero attached hydrogens (tertiary/aromatic N) is 2. The number of hydrogen-bond acceptors (Lipinski definition) is 5. The van der Waals surface area contributed by atoms with Crippen LogP contribution in [0.5, 0.6) is 11.6 Å². The summed E-state index contributed by atoms with van der Waals surface area (Å²) in [6.07, 6.45) is 2.99. The molecule has 5 heteroatoms. The fourth-order valence-corrected chi connectivity index (χ4v) is 2.04. The van der Waals surface area contributed by atoms with Crippen LogP contribution in [0.4, 0.5) is 0 Å². The number of esters is 1. The number of carbonyl (C=O) groups excluding carboxylic acids is 1. The maximum atomic E-state index is 11.2. The van der Waals surface area contributed by atoms with Crippen molar-refractivity contribution in [1.82, 2.24) is 10.2 Å². The van der Waals surface area contributed by atoms with Crippen molar-refractivity contribution >= 4 is 5.97 Å². The predicted molar refractivity (Wildman–Crippen MR) is 78.5 cm³/mol. The molecule has 0 aliphatic heterocycles. The first kappa shape index (κ1) is 15.0. The van der Waals surface area contributed by atoms with Crippen molar-refractivity contribution in [3.05, 3.63) is 47.2 Å². The number of methoxy groups -OCH3 is 1. The van der Waals surface area contributed by atoms with Crippen LogP contribution in [-0.4, -0.2) is 23.3 Å². The van der Waals surface area contributed by atoms with Crippen LogP contribution >= 0.6 is 0 Å². The molecule has 0 saturated carbocycles. The van der Waals surface area contributed by atoms with Crippen LogP contribution in [0.15, 0.2) is 30.5 Å². The summed E-state index contributed by atoms with van der Waals surface area (Å²) < 4.78 is 10.4. The SMILES string of the molecule is CCc1ccc(Cc2c(OC(C)=O)cnnc2OC)cc1. The van der Waals surface area contributed by atoms with Gasteiger partial charge in [0.15, 0.2) is 5.75 Å². The first-order valence-corrected chi connectivity index (χ1v) is 6.78. The molecule has 0 atom stereocenters. The normalized spacial score (nSPS) is 10.2. The van der Waals surface area contributed by atoms with Gasteiger partial charge in [-0.25, -0.2) is 0 Å². The average molecular weight is 286 g/mol. The molecular weight excluding hydrogens is 268 g/mol. The topological polar surface area (TPSA) is 61.3 Å². The van der Waals surface area contributed by atoms with E-state index in [0.717, 1.165) is 12.0 Å². The van der Waals surface area contributed by atoms with E-state index in [-0.39, 0.29) is 0 Å². The van der Waals surface area contributed by atoms with Gasteiger partial charge in [0.25, 0.3) is 0 Å². The molecule has 0 spiro atoms. The van der Waals surface area contributed by atoms with Gasteiger partial charge in [-0.2, -0.15) is 5.10 Å². The van der Waals surface area contributed by atoms with E-state index >= 15 is 0 Å². The lowest BCUT2D eigenvalue weighted by Crippen LogP contribution is -2.07. The lowest BCUT2D eigenvalue weighted by atomic mass is 10.0. The predicted octanol–water partition coefficient (Wildman–Crippen LogP) is 2.56. The Kier molecular flexibility index (Phi) is 4.87. The zero-order valence-corrected chi connectivity index (χ0v) is 12.4. The maximum Gasteiger partial charge on any atom is 0.308 e. The van der Waals surface area contributed by atoms with E-state index in [4.69, 9.17) is 9.47 Å². The standard InChI is InChI=1S/C16H18N2O3/c1-4-12-5-7-13(8-6-12)9-14-15(21-11(2)19)10-17-18-16(14)20-3/h5-8,10H,4,9H2,1-3H3. The monoisotopic (exact) mass is 286 g/mol. The summed E-state index contributed by atoms with van der Waals surface area (Å²) in [6, 6.07) is 8.27. The van der Waals surface area contributed by atoms with Crippen molar-refractivity contribution in [2.45, 2.75) is 26.7 Å². The lowest BCUT2D eigenvalue weighted by Gasteiger charge is -2.11. The number of hydrogen-bond donors (Lipinski definition) is 0. The van der Waals surface area contributed by atoms with Crippen LogP contribution in [0.1, 0.15) is 30.5 Å². The second-order valence-corrected chi connectivity index (χ2v) is 4.64. The van der Waals surface area contributed by atoms with Gasteiger partial charge in [-0.15, -0.1) is 5.10 Å². The van der Waals surface area contributed by atoms with Crippen molar-refractivity contribution in [1.29, 1.82) is 0 Å². The molecule has 0 aliphatic rings. The van der Waals surface area contributed by atoms with E-state index in [9.17, 15) is 4.79 Å². The van der Waals surface area contributed by atoms with E-state index in [2.05, 4.69) is 41.4 Å². The fourth-order valence-electron chi connectivity index (χ4n) is 2.04. The van der Waals surface area contributed by atoms with Gasteiger partial charge in [0.05, 0.1) is 18.9 Å². The first-order chi connectivity index (χ1) is 10.1. The van der Waals surface area contributed by atoms with E-state index < -0.39 is 5.97 Å². The maximum absolute atomic E-state index is 11.2. The minimum Gasteiger partial charge on any atom is -0.480 e. The highest BCUT2D eigenvalue weighted by molar-refractivity contribution is 5.70. The summed E-state index contributed by atoms with van der Waals surface area (Å²) >= 11 is 0. The molecule has 2 rings (SSSR count). The largest absolute Gasteiger partial charge is 0.480 e. The van der Waals surface area contributed by atoms with Crippen molar-refractivity contribution in [3.63, 3.8) is 0 Å². The zero-order chi connectivity index (χ0) is 15.2. The number of aryl methyl sites for hydroxylation is 1. The lowest BCUT2D eigenvalue weighted by molar-refractivity contribution is -0.131. The molecule has 0 saturated heterocycles. The second-order valence-electron chi connectivity index (χ2n) is 4.64. The molecule has 1 aromatic carbocycles. The van der Waals surface area contributed by atoms with Crippen LogP contribution in [0.3, 0.4) is 0 Å². The molecule has 110 valence electrons. The van der Waals surface area contributed by atoms with Gasteiger partial charge in [-0.3, -0.25) is 4.79 Å².